The normalized spacial score (nSPS) is 22.0. The van der Waals surface area contributed by atoms with Crippen LogP contribution in [0.3, 0.4) is 0 Å². The molecule has 0 N–H and O–H groups in total. The van der Waals surface area contributed by atoms with Gasteiger partial charge in [0, 0.05) is 28.4 Å². The molecule has 2 aliphatic rings. The Labute approximate surface area is 194 Å². The van der Waals surface area contributed by atoms with Crippen molar-refractivity contribution in [3.8, 4) is 0 Å². The second-order valence-corrected chi connectivity index (χ2v) is 10.5. The molecule has 1 fully saturated rings. The molecule has 1 nitrogen and oxygen atoms in total. The van der Waals surface area contributed by atoms with E-state index >= 15 is 0 Å². The van der Waals surface area contributed by atoms with Crippen molar-refractivity contribution in [2.24, 2.45) is 11.8 Å². The topological polar surface area (TPSA) is 4.93 Å². The molecule has 3 unspecified atom stereocenters. The third kappa shape index (κ3) is 4.54. The van der Waals surface area contributed by atoms with E-state index in [-0.39, 0.29) is 0 Å². The third-order valence-electron chi connectivity index (χ3n) is 8.24. The maximum atomic E-state index is 2.60. The summed E-state index contributed by atoms with van der Waals surface area (Å²) >= 11 is 0. The van der Waals surface area contributed by atoms with Crippen molar-refractivity contribution < 1.29 is 0 Å². The van der Waals surface area contributed by atoms with Gasteiger partial charge in [-0.2, -0.15) is 0 Å². The van der Waals surface area contributed by atoms with Crippen LogP contribution < -0.4 is 0 Å². The number of fused-ring (bicyclic) bond motifs is 5. The van der Waals surface area contributed by atoms with E-state index in [9.17, 15) is 0 Å². The van der Waals surface area contributed by atoms with Crippen molar-refractivity contribution >= 4 is 21.8 Å². The number of hydrogen-bond acceptors (Lipinski definition) is 0. The molecule has 2 bridgehead atoms. The van der Waals surface area contributed by atoms with Gasteiger partial charge in [0.15, 0.2) is 0 Å². The summed E-state index contributed by atoms with van der Waals surface area (Å²) in [5, 5.41) is 2.91. The van der Waals surface area contributed by atoms with Gasteiger partial charge in [0.25, 0.3) is 0 Å². The minimum atomic E-state index is 0.735. The molecule has 3 atom stereocenters. The van der Waals surface area contributed by atoms with Crippen LogP contribution in [0.25, 0.3) is 21.8 Å². The van der Waals surface area contributed by atoms with E-state index in [1.54, 1.807) is 5.56 Å². The Bertz CT molecular complexity index is 1050. The van der Waals surface area contributed by atoms with Gasteiger partial charge >= 0.3 is 0 Å². The van der Waals surface area contributed by atoms with Gasteiger partial charge in [-0.1, -0.05) is 101 Å². The quantitative estimate of drug-likeness (QED) is 0.200. The van der Waals surface area contributed by atoms with E-state index in [4.69, 9.17) is 0 Å². The minimum absolute atomic E-state index is 0.735. The van der Waals surface area contributed by atoms with Crippen molar-refractivity contribution in [3.05, 3.63) is 60.2 Å². The van der Waals surface area contributed by atoms with Gasteiger partial charge in [-0.3, -0.25) is 0 Å². The van der Waals surface area contributed by atoms with Gasteiger partial charge in [0.2, 0.25) is 0 Å². The van der Waals surface area contributed by atoms with Crippen molar-refractivity contribution in [1.29, 1.82) is 0 Å². The van der Waals surface area contributed by atoms with Crippen LogP contribution in [0.5, 0.6) is 0 Å². The monoisotopic (exact) mass is 427 g/mol. The predicted molar refractivity (Wildman–Crippen MR) is 139 cm³/mol. The Hall–Kier alpha value is -2.02. The highest BCUT2D eigenvalue weighted by Crippen LogP contribution is 2.49. The molecule has 1 saturated carbocycles. The van der Waals surface area contributed by atoms with E-state index in [1.165, 1.54) is 98.9 Å². The number of nitrogens with zero attached hydrogens (tertiary/aromatic N) is 1. The maximum absolute atomic E-state index is 2.60. The Morgan fingerprint density at radius 3 is 2.16 bits per heavy atom. The smallest absolute Gasteiger partial charge is 0.0491 e. The van der Waals surface area contributed by atoms with Crippen LogP contribution in [-0.2, 0) is 6.54 Å². The first-order valence-corrected chi connectivity index (χ1v) is 13.5. The Morgan fingerprint density at radius 2 is 1.44 bits per heavy atom. The van der Waals surface area contributed by atoms with E-state index in [0.717, 1.165) is 24.3 Å². The van der Waals surface area contributed by atoms with Crippen LogP contribution in [0.2, 0.25) is 0 Å². The highest BCUT2D eigenvalue weighted by atomic mass is 15.0. The van der Waals surface area contributed by atoms with Crippen LogP contribution in [-0.4, -0.2) is 4.57 Å². The number of hydrogen-bond donors (Lipinski definition) is 0. The molecule has 1 heteroatoms. The molecule has 3 aromatic rings. The van der Waals surface area contributed by atoms with Gasteiger partial charge < -0.3 is 4.57 Å². The molecule has 1 aromatic heterocycles. The Kier molecular flexibility index (Phi) is 7.00. The SMILES string of the molecule is CCCCCCCCCCCCn1c2ccccc2c2cc(C3CC4C=CC3C4)ccc21. The molecule has 0 spiro atoms. The summed E-state index contributed by atoms with van der Waals surface area (Å²) in [7, 11) is 0. The number of rotatable bonds is 12. The van der Waals surface area contributed by atoms with Crippen LogP contribution in [0.4, 0.5) is 0 Å². The van der Waals surface area contributed by atoms with Crippen molar-refractivity contribution in [2.45, 2.75) is 96.4 Å². The molecule has 0 radical (unpaired) electrons. The average Bonchev–Trinajstić information content (AvgIpc) is 3.54. The molecular formula is C31H41N. The molecule has 32 heavy (non-hydrogen) atoms. The summed E-state index contributed by atoms with van der Waals surface area (Å²) in [5.74, 6) is 2.34. The molecule has 0 amide bonds. The molecular weight excluding hydrogens is 386 g/mol. The lowest BCUT2D eigenvalue weighted by atomic mass is 9.86. The zero-order valence-corrected chi connectivity index (χ0v) is 20.1. The summed E-state index contributed by atoms with van der Waals surface area (Å²) in [6.45, 7) is 3.45. The van der Waals surface area contributed by atoms with Crippen molar-refractivity contribution in [3.63, 3.8) is 0 Å². The van der Waals surface area contributed by atoms with E-state index < -0.39 is 0 Å². The number of unbranched alkanes of at least 4 members (excludes halogenated alkanes) is 9. The van der Waals surface area contributed by atoms with Crippen molar-refractivity contribution in [1.82, 2.24) is 4.57 Å². The van der Waals surface area contributed by atoms with Gasteiger partial charge in [0.1, 0.15) is 0 Å². The molecule has 0 saturated heterocycles. The number of benzene rings is 2. The molecule has 170 valence electrons. The van der Waals surface area contributed by atoms with E-state index in [0.29, 0.717) is 0 Å². The molecule has 1 heterocycles. The number of aryl methyl sites for hydroxylation is 1. The molecule has 2 aliphatic carbocycles. The van der Waals surface area contributed by atoms with Gasteiger partial charge in [-0.25, -0.2) is 0 Å². The summed E-state index contributed by atoms with van der Waals surface area (Å²) in [6.07, 6.45) is 21.6. The van der Waals surface area contributed by atoms with Crippen LogP contribution >= 0.6 is 0 Å². The zero-order valence-electron chi connectivity index (χ0n) is 20.1. The largest absolute Gasteiger partial charge is 0.340 e. The second kappa shape index (κ2) is 10.3. The van der Waals surface area contributed by atoms with Crippen LogP contribution in [0.15, 0.2) is 54.6 Å². The van der Waals surface area contributed by atoms with E-state index in [2.05, 4.69) is 66.1 Å². The fraction of sp³-hybridized carbons (Fsp3) is 0.548. The number of para-hydroxylation sites is 1. The number of allylic oxidation sites excluding steroid dienone is 2. The highest BCUT2D eigenvalue weighted by molar-refractivity contribution is 6.08. The first kappa shape index (κ1) is 21.8. The average molecular weight is 428 g/mol. The zero-order chi connectivity index (χ0) is 21.8. The van der Waals surface area contributed by atoms with Gasteiger partial charge in [0.05, 0.1) is 0 Å². The van der Waals surface area contributed by atoms with Gasteiger partial charge in [-0.15, -0.1) is 0 Å². The predicted octanol–water partition coefficient (Wildman–Crippen LogP) is 9.39. The Balaban J connectivity index is 1.23. The van der Waals surface area contributed by atoms with Gasteiger partial charge in [-0.05, 0) is 60.8 Å². The third-order valence-corrected chi connectivity index (χ3v) is 8.24. The first-order valence-electron chi connectivity index (χ1n) is 13.5. The minimum Gasteiger partial charge on any atom is -0.340 e. The first-order chi connectivity index (χ1) is 15.8. The standard InChI is InChI=1S/C31H41N/c1-2-3-4-5-6-7-8-9-10-13-20-32-30-15-12-11-14-27(30)29-23-26(18-19-31(29)32)28-22-24-16-17-25(28)21-24/h11-12,14-19,23-25,28H,2-10,13,20-22H2,1H3. The highest BCUT2D eigenvalue weighted by Gasteiger charge is 2.36. The van der Waals surface area contributed by atoms with Crippen LogP contribution in [0.1, 0.15) is 95.5 Å². The summed E-state index contributed by atoms with van der Waals surface area (Å²) in [5.41, 5.74) is 4.42. The lowest BCUT2D eigenvalue weighted by Crippen LogP contribution is -2.05. The molecule has 2 aromatic carbocycles. The lowest BCUT2D eigenvalue weighted by Gasteiger charge is -2.18. The fourth-order valence-electron chi connectivity index (χ4n) is 6.46. The van der Waals surface area contributed by atoms with E-state index in [1.807, 2.05) is 0 Å². The molecule has 0 aliphatic heterocycles. The maximum Gasteiger partial charge on any atom is 0.0491 e. The molecule has 5 rings (SSSR count). The lowest BCUT2D eigenvalue weighted by molar-refractivity contribution is 0.541. The second-order valence-electron chi connectivity index (χ2n) is 10.5. The fourth-order valence-corrected chi connectivity index (χ4v) is 6.46. The van der Waals surface area contributed by atoms with Crippen molar-refractivity contribution in [2.75, 3.05) is 0 Å². The summed E-state index contributed by atoms with van der Waals surface area (Å²) in [4.78, 5) is 0. The summed E-state index contributed by atoms with van der Waals surface area (Å²) < 4.78 is 2.60. The Morgan fingerprint density at radius 1 is 0.719 bits per heavy atom. The number of aromatic nitrogens is 1. The van der Waals surface area contributed by atoms with Crippen LogP contribution in [0, 0.1) is 11.8 Å². The summed E-state index contributed by atoms with van der Waals surface area (Å²) in [6, 6.07) is 16.5.